The highest BCUT2D eigenvalue weighted by atomic mass is 19.1. The lowest BCUT2D eigenvalue weighted by Gasteiger charge is -2.28. The van der Waals surface area contributed by atoms with Crippen molar-refractivity contribution in [2.24, 2.45) is 0 Å². The van der Waals surface area contributed by atoms with Crippen molar-refractivity contribution < 1.29 is 4.39 Å². The van der Waals surface area contributed by atoms with Gasteiger partial charge in [0.05, 0.1) is 11.3 Å². The average molecular weight is 316 g/mol. The number of rotatable bonds is 4. The normalized spacial score (nSPS) is 14.7. The predicted molar refractivity (Wildman–Crippen MR) is 85.6 cm³/mol. The number of H-pyrrole nitrogens is 1. The Labute approximate surface area is 134 Å². The van der Waals surface area contributed by atoms with Crippen LogP contribution in [0.3, 0.4) is 0 Å². The largest absolute Gasteiger partial charge is 0.310 e. The molecule has 1 aliphatic heterocycles. The molecule has 0 saturated heterocycles. The first-order chi connectivity index (χ1) is 11.1. The number of nitrogens with one attached hydrogen (secondary N) is 1. The molecular formula is C17H21FN4O. The lowest BCUT2D eigenvalue weighted by atomic mass is 10.0. The van der Waals surface area contributed by atoms with Crippen LogP contribution in [0.2, 0.25) is 0 Å². The molecule has 2 aromatic rings. The minimum atomic E-state index is -0.430. The number of halogens is 1. The van der Waals surface area contributed by atoms with Gasteiger partial charge in [0, 0.05) is 44.2 Å². The van der Waals surface area contributed by atoms with Gasteiger partial charge in [0.1, 0.15) is 5.82 Å². The summed E-state index contributed by atoms with van der Waals surface area (Å²) >= 11 is 0. The number of nitrogens with zero attached hydrogens (tertiary/aromatic N) is 3. The molecule has 0 saturated carbocycles. The van der Waals surface area contributed by atoms with Gasteiger partial charge in [-0.05, 0) is 25.0 Å². The fourth-order valence-electron chi connectivity index (χ4n) is 2.99. The Morgan fingerprint density at radius 2 is 2.26 bits per heavy atom. The minimum absolute atomic E-state index is 0.0634. The van der Waals surface area contributed by atoms with E-state index in [4.69, 9.17) is 0 Å². The molecule has 0 spiro atoms. The molecule has 5 nitrogen and oxygen atoms in total. The van der Waals surface area contributed by atoms with E-state index in [0.717, 1.165) is 42.9 Å². The maximum atomic E-state index is 13.9. The zero-order valence-corrected chi connectivity index (χ0v) is 13.5. The first-order valence-electron chi connectivity index (χ1n) is 8.01. The minimum Gasteiger partial charge on any atom is -0.310 e. The van der Waals surface area contributed by atoms with Crippen molar-refractivity contribution in [2.45, 2.75) is 46.2 Å². The quantitative estimate of drug-likeness (QED) is 0.878. The van der Waals surface area contributed by atoms with Gasteiger partial charge in [0.15, 0.2) is 0 Å². The van der Waals surface area contributed by atoms with Crippen LogP contribution < -0.4 is 5.56 Å². The molecule has 0 radical (unpaired) electrons. The summed E-state index contributed by atoms with van der Waals surface area (Å²) in [6.45, 7) is 5.66. The van der Waals surface area contributed by atoms with Gasteiger partial charge < -0.3 is 4.98 Å². The second kappa shape index (κ2) is 6.58. The maximum Gasteiger partial charge on any atom is 0.255 e. The Morgan fingerprint density at radius 1 is 1.43 bits per heavy atom. The molecule has 1 aliphatic rings. The van der Waals surface area contributed by atoms with Crippen LogP contribution in [0.15, 0.2) is 17.1 Å². The van der Waals surface area contributed by atoms with Crippen LogP contribution in [-0.4, -0.2) is 26.4 Å². The Bertz CT molecular complexity index is 751. The van der Waals surface area contributed by atoms with Gasteiger partial charge in [-0.15, -0.1) is 0 Å². The molecule has 3 heterocycles. The first kappa shape index (κ1) is 15.8. The fraction of sp³-hybridized carbons (Fsp3) is 0.471. The highest BCUT2D eigenvalue weighted by molar-refractivity contribution is 5.25. The third kappa shape index (κ3) is 3.32. The summed E-state index contributed by atoms with van der Waals surface area (Å²) in [4.78, 5) is 25.5. The summed E-state index contributed by atoms with van der Waals surface area (Å²) in [5.41, 5.74) is 3.01. The molecule has 0 unspecified atom stereocenters. The van der Waals surface area contributed by atoms with Crippen molar-refractivity contribution in [3.05, 3.63) is 56.8 Å². The number of hydrogen-bond donors (Lipinski definition) is 1. The molecule has 6 heteroatoms. The summed E-state index contributed by atoms with van der Waals surface area (Å²) in [7, 11) is 0. The van der Waals surface area contributed by atoms with Crippen LogP contribution in [0.4, 0.5) is 4.39 Å². The molecule has 3 rings (SSSR count). The van der Waals surface area contributed by atoms with Gasteiger partial charge in [0.2, 0.25) is 5.95 Å². The van der Waals surface area contributed by atoms with Crippen molar-refractivity contribution in [1.82, 2.24) is 19.9 Å². The highest BCUT2D eigenvalue weighted by Gasteiger charge is 2.22. The Kier molecular flexibility index (Phi) is 4.52. The van der Waals surface area contributed by atoms with Gasteiger partial charge in [-0.1, -0.05) is 6.92 Å². The highest BCUT2D eigenvalue weighted by Crippen LogP contribution is 2.19. The van der Waals surface area contributed by atoms with Crippen LogP contribution in [0.25, 0.3) is 0 Å². The monoisotopic (exact) mass is 316 g/mol. The summed E-state index contributed by atoms with van der Waals surface area (Å²) in [6, 6.07) is 1.81. The van der Waals surface area contributed by atoms with Crippen molar-refractivity contribution in [3.63, 3.8) is 0 Å². The molecule has 0 bridgehead atoms. The van der Waals surface area contributed by atoms with Crippen molar-refractivity contribution in [1.29, 1.82) is 0 Å². The van der Waals surface area contributed by atoms with E-state index in [1.165, 1.54) is 6.20 Å². The summed E-state index contributed by atoms with van der Waals surface area (Å²) in [5.74, 6) is 0.333. The number of hydrogen-bond acceptors (Lipinski definition) is 4. The van der Waals surface area contributed by atoms with Gasteiger partial charge in [-0.25, -0.2) is 9.97 Å². The van der Waals surface area contributed by atoms with E-state index in [0.29, 0.717) is 24.2 Å². The third-order valence-electron chi connectivity index (χ3n) is 4.30. The van der Waals surface area contributed by atoms with E-state index in [2.05, 4.69) is 26.8 Å². The zero-order chi connectivity index (χ0) is 16.4. The topological polar surface area (TPSA) is 61.9 Å². The molecule has 23 heavy (non-hydrogen) atoms. The van der Waals surface area contributed by atoms with E-state index < -0.39 is 5.95 Å². The van der Waals surface area contributed by atoms with E-state index in [1.54, 1.807) is 0 Å². The average Bonchev–Trinajstić information content (AvgIpc) is 2.52. The van der Waals surface area contributed by atoms with Gasteiger partial charge in [-0.2, -0.15) is 4.39 Å². The lowest BCUT2D eigenvalue weighted by Crippen LogP contribution is -2.36. The summed E-state index contributed by atoms with van der Waals surface area (Å²) < 4.78 is 13.9. The smallest absolute Gasteiger partial charge is 0.255 e. The molecule has 2 aromatic heterocycles. The zero-order valence-electron chi connectivity index (χ0n) is 13.5. The van der Waals surface area contributed by atoms with E-state index in [9.17, 15) is 9.18 Å². The van der Waals surface area contributed by atoms with Crippen molar-refractivity contribution >= 4 is 0 Å². The molecule has 122 valence electrons. The molecule has 0 amide bonds. The number of aryl methyl sites for hydroxylation is 2. The number of aromatic amines is 1. The maximum absolute atomic E-state index is 13.9. The second-order valence-corrected chi connectivity index (χ2v) is 6.05. The lowest BCUT2D eigenvalue weighted by molar-refractivity contribution is 0.236. The molecule has 1 N–H and O–H groups in total. The van der Waals surface area contributed by atoms with Crippen LogP contribution >= 0.6 is 0 Å². The summed E-state index contributed by atoms with van der Waals surface area (Å²) in [6.07, 6.45) is 3.93. The molecule has 0 atom stereocenters. The third-order valence-corrected chi connectivity index (χ3v) is 4.30. The standard InChI is InChI=1S/C17H21FN4O/c1-3-4-15-20-14-6-8-22(10-13(14)17(23)21-15)9-12-11(2)5-7-19-16(12)18/h5,7H,3-4,6,8-10H2,1-2H3,(H,20,21,23). The second-order valence-electron chi connectivity index (χ2n) is 6.05. The van der Waals surface area contributed by atoms with Crippen molar-refractivity contribution in [2.75, 3.05) is 6.54 Å². The molecule has 0 aliphatic carbocycles. The van der Waals surface area contributed by atoms with Crippen LogP contribution in [0.1, 0.15) is 41.6 Å². The Balaban J connectivity index is 1.82. The van der Waals surface area contributed by atoms with E-state index in [1.807, 2.05) is 13.0 Å². The number of pyridine rings is 1. The summed E-state index contributed by atoms with van der Waals surface area (Å²) in [5, 5.41) is 0. The Morgan fingerprint density at radius 3 is 3.00 bits per heavy atom. The fourth-order valence-corrected chi connectivity index (χ4v) is 2.99. The van der Waals surface area contributed by atoms with E-state index >= 15 is 0 Å². The van der Waals surface area contributed by atoms with Crippen LogP contribution in [0.5, 0.6) is 0 Å². The SMILES string of the molecule is CCCc1nc2c(c(=O)[nH]1)CN(Cc1c(C)ccnc1F)CC2. The number of aromatic nitrogens is 3. The molecule has 0 fully saturated rings. The number of fused-ring (bicyclic) bond motifs is 1. The van der Waals surface area contributed by atoms with Crippen LogP contribution in [0, 0.1) is 12.9 Å². The molecule has 0 aromatic carbocycles. The van der Waals surface area contributed by atoms with Crippen LogP contribution in [-0.2, 0) is 25.9 Å². The first-order valence-corrected chi connectivity index (χ1v) is 8.01. The van der Waals surface area contributed by atoms with Gasteiger partial charge >= 0.3 is 0 Å². The molecular weight excluding hydrogens is 295 g/mol. The Hall–Kier alpha value is -2.08. The van der Waals surface area contributed by atoms with Gasteiger partial charge in [-0.3, -0.25) is 9.69 Å². The van der Waals surface area contributed by atoms with E-state index in [-0.39, 0.29) is 5.56 Å². The predicted octanol–water partition coefficient (Wildman–Crippen LogP) is 2.12. The van der Waals surface area contributed by atoms with Gasteiger partial charge in [0.25, 0.3) is 5.56 Å². The van der Waals surface area contributed by atoms with Crippen molar-refractivity contribution in [3.8, 4) is 0 Å².